The summed E-state index contributed by atoms with van der Waals surface area (Å²) in [6.07, 6.45) is 4.83. The number of aliphatic carboxylic acids is 1. The summed E-state index contributed by atoms with van der Waals surface area (Å²) in [5.74, 6) is -2.17. The summed E-state index contributed by atoms with van der Waals surface area (Å²) < 4.78 is 1.93. The summed E-state index contributed by atoms with van der Waals surface area (Å²) in [5, 5.41) is 16.0. The maximum atomic E-state index is 12.8. The monoisotopic (exact) mass is 400 g/mol. The number of carbonyl (C=O) groups is 3. The Morgan fingerprint density at radius 3 is 2.79 bits per heavy atom. The van der Waals surface area contributed by atoms with Crippen LogP contribution in [0.5, 0.6) is 0 Å². The number of nitrogens with zero attached hydrogens (tertiary/aromatic N) is 1. The quantitative estimate of drug-likeness (QED) is 0.533. The molecule has 0 spiro atoms. The number of carboxylic acid groups (broad SMARTS) is 1. The van der Waals surface area contributed by atoms with Crippen LogP contribution in [0.25, 0.3) is 10.9 Å². The molecule has 1 fully saturated rings. The number of hydrogen-bond donors (Lipinski definition) is 4. The average Bonchev–Trinajstić information content (AvgIpc) is 3.31. The highest BCUT2D eigenvalue weighted by Crippen LogP contribution is 2.26. The number of carboxylic acids is 1. The fourth-order valence-corrected chi connectivity index (χ4v) is 3.95. The summed E-state index contributed by atoms with van der Waals surface area (Å²) in [6, 6.07) is 6.19. The van der Waals surface area contributed by atoms with Crippen LogP contribution in [0.1, 0.15) is 42.5 Å². The third-order valence-electron chi connectivity index (χ3n) is 5.63. The number of aryl methyl sites for hydroxylation is 1. The van der Waals surface area contributed by atoms with Gasteiger partial charge in [-0.2, -0.15) is 0 Å². The van der Waals surface area contributed by atoms with Crippen LogP contribution in [0.2, 0.25) is 0 Å². The highest BCUT2D eigenvalue weighted by atomic mass is 16.4. The molecule has 1 saturated carbocycles. The van der Waals surface area contributed by atoms with Gasteiger partial charge in [0, 0.05) is 30.4 Å². The van der Waals surface area contributed by atoms with Crippen LogP contribution in [0.4, 0.5) is 0 Å². The molecule has 1 aliphatic rings. The van der Waals surface area contributed by atoms with Crippen LogP contribution >= 0.6 is 0 Å². The number of nitrogens with two attached hydrogens (primary N) is 1. The smallest absolute Gasteiger partial charge is 0.308 e. The predicted octanol–water partition coefficient (Wildman–Crippen LogP) is 1.39. The second-order valence-corrected chi connectivity index (χ2v) is 7.65. The molecule has 0 aliphatic heterocycles. The van der Waals surface area contributed by atoms with Crippen LogP contribution in [0.3, 0.4) is 0 Å². The van der Waals surface area contributed by atoms with Gasteiger partial charge in [-0.05, 0) is 55.8 Å². The molecule has 1 aromatic carbocycles. The van der Waals surface area contributed by atoms with Crippen molar-refractivity contribution in [3.63, 3.8) is 0 Å². The first-order valence-corrected chi connectivity index (χ1v) is 10.00. The topological polar surface area (TPSA) is 126 Å². The molecular weight excluding hydrogens is 372 g/mol. The minimum Gasteiger partial charge on any atom is -0.481 e. The first-order chi connectivity index (χ1) is 13.9. The fourth-order valence-electron chi connectivity index (χ4n) is 3.95. The summed E-state index contributed by atoms with van der Waals surface area (Å²) in [5.41, 5.74) is 6.98. The van der Waals surface area contributed by atoms with Crippen molar-refractivity contribution in [2.45, 2.75) is 44.2 Å². The highest BCUT2D eigenvalue weighted by molar-refractivity contribution is 6.00. The fraction of sp³-hybridized carbons (Fsp3) is 0.476. The summed E-state index contributed by atoms with van der Waals surface area (Å²) in [7, 11) is 1.90. The molecule has 0 bridgehead atoms. The maximum Gasteiger partial charge on any atom is 0.308 e. The van der Waals surface area contributed by atoms with E-state index in [1.54, 1.807) is 12.1 Å². The molecule has 29 heavy (non-hydrogen) atoms. The second-order valence-electron chi connectivity index (χ2n) is 7.65. The van der Waals surface area contributed by atoms with Gasteiger partial charge in [-0.3, -0.25) is 14.4 Å². The Morgan fingerprint density at radius 1 is 1.28 bits per heavy atom. The summed E-state index contributed by atoms with van der Waals surface area (Å²) >= 11 is 0. The first kappa shape index (κ1) is 20.9. The first-order valence-electron chi connectivity index (χ1n) is 10.00. The molecule has 0 saturated heterocycles. The van der Waals surface area contributed by atoms with Gasteiger partial charge in [0.25, 0.3) is 5.91 Å². The van der Waals surface area contributed by atoms with Crippen molar-refractivity contribution < 1.29 is 19.5 Å². The van der Waals surface area contributed by atoms with E-state index in [0.717, 1.165) is 17.3 Å². The third-order valence-corrected chi connectivity index (χ3v) is 5.63. The molecule has 1 aromatic heterocycles. The van der Waals surface area contributed by atoms with Gasteiger partial charge in [0.2, 0.25) is 5.91 Å². The number of rotatable bonds is 8. The Bertz CT molecular complexity index is 907. The number of fused-ring (bicyclic) bond motifs is 1. The van der Waals surface area contributed by atoms with E-state index < -0.39 is 24.0 Å². The Balaban J connectivity index is 1.71. The van der Waals surface area contributed by atoms with Gasteiger partial charge >= 0.3 is 5.97 Å². The molecule has 1 aliphatic carbocycles. The van der Waals surface area contributed by atoms with E-state index in [2.05, 4.69) is 10.6 Å². The molecule has 3 rings (SSSR count). The van der Waals surface area contributed by atoms with Gasteiger partial charge in [-0.1, -0.05) is 12.5 Å². The predicted molar refractivity (Wildman–Crippen MR) is 109 cm³/mol. The van der Waals surface area contributed by atoms with Gasteiger partial charge in [0.15, 0.2) is 0 Å². The lowest BCUT2D eigenvalue weighted by Crippen LogP contribution is -2.51. The average molecular weight is 400 g/mol. The van der Waals surface area contributed by atoms with Crippen molar-refractivity contribution in [3.05, 3.63) is 36.0 Å². The highest BCUT2D eigenvalue weighted by Gasteiger charge is 2.35. The number of carbonyl (C=O) groups excluding carboxylic acids is 2. The molecule has 8 nitrogen and oxygen atoms in total. The van der Waals surface area contributed by atoms with Gasteiger partial charge in [-0.15, -0.1) is 0 Å². The molecule has 3 atom stereocenters. The van der Waals surface area contributed by atoms with Crippen molar-refractivity contribution >= 4 is 28.7 Å². The lowest BCUT2D eigenvalue weighted by atomic mass is 10.0. The van der Waals surface area contributed by atoms with Crippen LogP contribution < -0.4 is 16.4 Å². The van der Waals surface area contributed by atoms with Crippen molar-refractivity contribution in [1.29, 1.82) is 0 Å². The minimum atomic E-state index is -0.897. The van der Waals surface area contributed by atoms with Crippen LogP contribution in [0.15, 0.2) is 30.5 Å². The van der Waals surface area contributed by atoms with Crippen LogP contribution in [-0.2, 0) is 16.6 Å². The molecule has 1 heterocycles. The number of aromatic nitrogens is 1. The maximum absolute atomic E-state index is 12.8. The minimum absolute atomic E-state index is 0.341. The van der Waals surface area contributed by atoms with E-state index in [1.807, 2.05) is 29.9 Å². The molecule has 156 valence electrons. The number of hydrogen-bond acceptors (Lipinski definition) is 4. The van der Waals surface area contributed by atoms with E-state index in [-0.39, 0.29) is 11.8 Å². The molecular formula is C21H28N4O4. The third kappa shape index (κ3) is 4.76. The van der Waals surface area contributed by atoms with Gasteiger partial charge in [-0.25, -0.2) is 0 Å². The Kier molecular flexibility index (Phi) is 6.53. The Labute approximate surface area is 169 Å². The van der Waals surface area contributed by atoms with Crippen molar-refractivity contribution in [2.24, 2.45) is 18.7 Å². The zero-order valence-corrected chi connectivity index (χ0v) is 16.6. The standard InChI is InChI=1S/C21H28N4O4/c1-25-11-9-13-7-8-14(12-18(13)25)19(26)24-17(6-3-10-22)20(27)23-16-5-2-4-15(16)21(28)29/h7-9,11-12,15-17H,2-6,10,22H2,1H3,(H,23,27)(H,24,26)(H,28,29)/t15-,16+,17+/m1/s1. The zero-order valence-electron chi connectivity index (χ0n) is 16.6. The van der Waals surface area contributed by atoms with Crippen molar-refractivity contribution in [2.75, 3.05) is 6.54 Å². The lowest BCUT2D eigenvalue weighted by molar-refractivity contribution is -0.142. The molecule has 2 aromatic rings. The zero-order chi connectivity index (χ0) is 21.0. The van der Waals surface area contributed by atoms with E-state index in [4.69, 9.17) is 5.73 Å². The molecule has 8 heteroatoms. The van der Waals surface area contributed by atoms with Crippen molar-refractivity contribution in [3.8, 4) is 0 Å². The van der Waals surface area contributed by atoms with Crippen LogP contribution in [-0.4, -0.2) is 46.1 Å². The largest absolute Gasteiger partial charge is 0.481 e. The van der Waals surface area contributed by atoms with E-state index in [0.29, 0.717) is 37.8 Å². The van der Waals surface area contributed by atoms with E-state index in [1.165, 1.54) is 0 Å². The second kappa shape index (κ2) is 9.09. The Hall–Kier alpha value is -2.87. The molecule has 2 amide bonds. The molecule has 5 N–H and O–H groups in total. The molecule has 0 unspecified atom stereocenters. The SMILES string of the molecule is Cn1ccc2ccc(C(=O)N[C@@H](CCCN)C(=O)N[C@H]3CCC[C@H]3C(=O)O)cc21. The van der Waals surface area contributed by atoms with Crippen LogP contribution in [0, 0.1) is 5.92 Å². The Morgan fingerprint density at radius 2 is 2.07 bits per heavy atom. The van der Waals surface area contributed by atoms with Gasteiger partial charge < -0.3 is 26.0 Å². The number of nitrogens with one attached hydrogen (secondary N) is 2. The lowest BCUT2D eigenvalue weighted by Gasteiger charge is -2.23. The van der Waals surface area contributed by atoms with E-state index in [9.17, 15) is 19.5 Å². The normalized spacial score (nSPS) is 19.8. The van der Waals surface area contributed by atoms with Gasteiger partial charge in [0.05, 0.1) is 5.92 Å². The van der Waals surface area contributed by atoms with E-state index >= 15 is 0 Å². The van der Waals surface area contributed by atoms with Gasteiger partial charge in [0.1, 0.15) is 6.04 Å². The summed E-state index contributed by atoms with van der Waals surface area (Å²) in [4.78, 5) is 37.0. The number of benzene rings is 1. The summed E-state index contributed by atoms with van der Waals surface area (Å²) in [6.45, 7) is 0.399. The van der Waals surface area contributed by atoms with Crippen molar-refractivity contribution in [1.82, 2.24) is 15.2 Å². The molecule has 0 radical (unpaired) electrons. The number of amides is 2.